The molecular weight excluding hydrogens is 313 g/mol. The molecule has 4 nitrogen and oxygen atoms in total. The second-order valence-electron chi connectivity index (χ2n) is 5.32. The van der Waals surface area contributed by atoms with Crippen LogP contribution in [0.5, 0.6) is 0 Å². The lowest BCUT2D eigenvalue weighted by atomic mass is 10.00. The van der Waals surface area contributed by atoms with Gasteiger partial charge >= 0.3 is 0 Å². The fourth-order valence-electron chi connectivity index (χ4n) is 2.98. The predicted octanol–water partition coefficient (Wildman–Crippen LogP) is 1.65. The van der Waals surface area contributed by atoms with Crippen molar-refractivity contribution in [1.29, 1.82) is 0 Å². The fourth-order valence-corrected chi connectivity index (χ4v) is 5.29. The molecule has 1 aliphatic rings. The van der Waals surface area contributed by atoms with Crippen molar-refractivity contribution in [2.24, 2.45) is 11.1 Å². The molecule has 2 rings (SSSR count). The Balaban J connectivity index is 2.46. The van der Waals surface area contributed by atoms with E-state index < -0.39 is 26.4 Å². The molecule has 0 spiro atoms. The Morgan fingerprint density at radius 3 is 2.43 bits per heavy atom. The molecule has 7 heteroatoms. The second-order valence-corrected chi connectivity index (χ2v) is 7.93. The van der Waals surface area contributed by atoms with Crippen LogP contribution < -0.4 is 5.73 Å². The summed E-state index contributed by atoms with van der Waals surface area (Å²) in [6, 6.07) is 5.75. The molecule has 1 aliphatic carbocycles. The molecule has 3 atom stereocenters. The third-order valence-electron chi connectivity index (χ3n) is 3.95. The third-order valence-corrected chi connectivity index (χ3v) is 5.95. The number of ether oxygens (including phenoxy) is 1. The van der Waals surface area contributed by atoms with E-state index in [4.69, 9.17) is 22.7 Å². The summed E-state index contributed by atoms with van der Waals surface area (Å²) < 4.78 is 42.6. The molecule has 1 aromatic carbocycles. The normalized spacial score (nSPS) is 28.3. The molecule has 2 N–H and O–H groups in total. The average molecular weight is 331 g/mol. The smallest absolute Gasteiger partial charge is 0.152 e. The lowest BCUT2D eigenvalue weighted by molar-refractivity contribution is 0.121. The first kappa shape index (κ1) is 16.3. The van der Waals surface area contributed by atoms with Gasteiger partial charge in [0.1, 0.15) is 5.82 Å². The van der Waals surface area contributed by atoms with E-state index >= 15 is 0 Å². The molecule has 0 aliphatic heterocycles. The van der Waals surface area contributed by atoms with Crippen molar-refractivity contribution in [2.75, 3.05) is 19.5 Å². The Labute approximate surface area is 129 Å². The molecule has 1 saturated carbocycles. The van der Waals surface area contributed by atoms with E-state index in [1.807, 2.05) is 6.92 Å². The maximum absolute atomic E-state index is 13.1. The highest BCUT2D eigenvalue weighted by Gasteiger charge is 2.71. The van der Waals surface area contributed by atoms with Crippen LogP contribution in [0.3, 0.4) is 0 Å². The number of hydrogen-bond donors (Lipinski definition) is 1. The van der Waals surface area contributed by atoms with Crippen LogP contribution in [-0.4, -0.2) is 38.1 Å². The number of halogens is 1. The summed E-state index contributed by atoms with van der Waals surface area (Å²) in [5.41, 5.74) is 5.63. The van der Waals surface area contributed by atoms with Gasteiger partial charge in [-0.3, -0.25) is 0 Å². The molecule has 0 bridgehead atoms. The molecule has 0 radical (unpaired) electrons. The minimum absolute atomic E-state index is 0.126. The monoisotopic (exact) mass is 331 g/mol. The number of nitrogens with two attached hydrogens (primary N) is 1. The first-order valence-corrected chi connectivity index (χ1v) is 8.93. The first-order valence-electron chi connectivity index (χ1n) is 6.57. The van der Waals surface area contributed by atoms with Gasteiger partial charge in [0.15, 0.2) is 9.84 Å². The Hall–Kier alpha value is -1.05. The van der Waals surface area contributed by atoms with Crippen molar-refractivity contribution in [3.8, 4) is 0 Å². The molecule has 1 fully saturated rings. The van der Waals surface area contributed by atoms with E-state index in [1.165, 1.54) is 18.4 Å². The van der Waals surface area contributed by atoms with Crippen molar-refractivity contribution in [3.05, 3.63) is 35.6 Å². The highest BCUT2D eigenvalue weighted by molar-refractivity contribution is 7.92. The third kappa shape index (κ3) is 2.82. The zero-order chi connectivity index (χ0) is 15.8. The zero-order valence-electron chi connectivity index (χ0n) is 11.9. The van der Waals surface area contributed by atoms with Gasteiger partial charge in [-0.2, -0.15) is 0 Å². The quantitative estimate of drug-likeness (QED) is 0.803. The van der Waals surface area contributed by atoms with Crippen molar-refractivity contribution >= 4 is 27.0 Å². The van der Waals surface area contributed by atoms with Crippen LogP contribution in [0.1, 0.15) is 18.4 Å². The van der Waals surface area contributed by atoms with Crippen LogP contribution in [0.2, 0.25) is 0 Å². The number of rotatable bonds is 6. The van der Waals surface area contributed by atoms with Gasteiger partial charge in [0.2, 0.25) is 0 Å². The Kier molecular flexibility index (Phi) is 4.37. The Bertz CT molecular complexity index is 645. The topological polar surface area (TPSA) is 69.4 Å². The lowest BCUT2D eigenvalue weighted by Gasteiger charge is -2.16. The molecule has 0 amide bonds. The summed E-state index contributed by atoms with van der Waals surface area (Å²) >= 11 is 5.12. The number of hydrogen-bond acceptors (Lipinski definition) is 4. The average Bonchev–Trinajstić information content (AvgIpc) is 3.08. The lowest BCUT2D eigenvalue weighted by Crippen LogP contribution is -2.33. The van der Waals surface area contributed by atoms with Gasteiger partial charge in [0.05, 0.1) is 22.3 Å². The predicted molar refractivity (Wildman–Crippen MR) is 83.5 cm³/mol. The maximum Gasteiger partial charge on any atom is 0.152 e. The van der Waals surface area contributed by atoms with Crippen LogP contribution in [0.25, 0.3) is 0 Å². The summed E-state index contributed by atoms with van der Waals surface area (Å²) in [6.45, 7) is 2.41. The summed E-state index contributed by atoms with van der Waals surface area (Å²) in [5, 5.41) is -0.723. The Morgan fingerprint density at radius 1 is 1.43 bits per heavy atom. The molecule has 3 unspecified atom stereocenters. The summed E-state index contributed by atoms with van der Waals surface area (Å²) in [5.74, 6) is -0.766. The number of benzene rings is 1. The number of sulfone groups is 1. The second kappa shape index (κ2) is 5.62. The van der Waals surface area contributed by atoms with Crippen LogP contribution in [0.15, 0.2) is 24.3 Å². The molecule has 1 aromatic rings. The molecule has 116 valence electrons. The molecule has 21 heavy (non-hydrogen) atoms. The minimum atomic E-state index is -3.36. The SMILES string of the molecule is CCOCC1(C(N)=S)C(c2ccc(F)cc2)C1S(C)(=O)=O. The highest BCUT2D eigenvalue weighted by atomic mass is 32.2. The van der Waals surface area contributed by atoms with E-state index in [1.54, 1.807) is 12.1 Å². The minimum Gasteiger partial charge on any atom is -0.393 e. The van der Waals surface area contributed by atoms with Crippen LogP contribution in [0, 0.1) is 11.2 Å². The summed E-state index contributed by atoms with van der Waals surface area (Å²) in [7, 11) is -3.36. The van der Waals surface area contributed by atoms with Crippen molar-refractivity contribution in [1.82, 2.24) is 0 Å². The van der Waals surface area contributed by atoms with Crippen LogP contribution >= 0.6 is 12.2 Å². The fraction of sp³-hybridized carbons (Fsp3) is 0.500. The molecule has 0 saturated heterocycles. The summed E-state index contributed by atoms with van der Waals surface area (Å²) in [4.78, 5) is 0.126. The van der Waals surface area contributed by atoms with Crippen LogP contribution in [0.4, 0.5) is 4.39 Å². The van der Waals surface area contributed by atoms with Gasteiger partial charge in [0, 0.05) is 18.8 Å². The van der Waals surface area contributed by atoms with Gasteiger partial charge in [-0.05, 0) is 24.6 Å². The van der Waals surface area contributed by atoms with Gasteiger partial charge in [0.25, 0.3) is 0 Å². The van der Waals surface area contributed by atoms with E-state index in [0.717, 1.165) is 0 Å². The summed E-state index contributed by atoms with van der Waals surface area (Å²) in [6.07, 6.45) is 1.17. The van der Waals surface area contributed by atoms with Crippen molar-refractivity contribution in [2.45, 2.75) is 18.1 Å². The maximum atomic E-state index is 13.1. The molecular formula is C14H18FNO3S2. The van der Waals surface area contributed by atoms with E-state index in [0.29, 0.717) is 12.2 Å². The number of thiocarbonyl (C=S) groups is 1. The first-order chi connectivity index (χ1) is 9.75. The molecule has 0 heterocycles. The van der Waals surface area contributed by atoms with Crippen LogP contribution in [-0.2, 0) is 14.6 Å². The largest absolute Gasteiger partial charge is 0.393 e. The van der Waals surface area contributed by atoms with Gasteiger partial charge < -0.3 is 10.5 Å². The Morgan fingerprint density at radius 2 is 2.00 bits per heavy atom. The van der Waals surface area contributed by atoms with Crippen molar-refractivity contribution < 1.29 is 17.5 Å². The highest BCUT2D eigenvalue weighted by Crippen LogP contribution is 2.63. The van der Waals surface area contributed by atoms with Gasteiger partial charge in [-0.25, -0.2) is 12.8 Å². The zero-order valence-corrected chi connectivity index (χ0v) is 13.5. The molecule has 0 aromatic heterocycles. The van der Waals surface area contributed by atoms with E-state index in [2.05, 4.69) is 0 Å². The van der Waals surface area contributed by atoms with E-state index in [9.17, 15) is 12.8 Å². The van der Waals surface area contributed by atoms with E-state index in [-0.39, 0.29) is 17.4 Å². The van der Waals surface area contributed by atoms with Gasteiger partial charge in [-0.15, -0.1) is 0 Å². The van der Waals surface area contributed by atoms with Gasteiger partial charge in [-0.1, -0.05) is 24.4 Å². The standard InChI is InChI=1S/C14H18FNO3S2/c1-3-19-8-14(13(16)20)11(12(14)21(2,17)18)9-4-6-10(15)7-5-9/h4-7,11-12H,3,8H2,1-2H3,(H2,16,20). The van der Waals surface area contributed by atoms with Crippen molar-refractivity contribution in [3.63, 3.8) is 0 Å².